The molecule has 1 atom stereocenters. The third-order valence-corrected chi connectivity index (χ3v) is 5.92. The molecule has 0 aliphatic carbocycles. The molecule has 5 amide bonds. The lowest BCUT2D eigenvalue weighted by molar-refractivity contribution is -0.136. The van der Waals surface area contributed by atoms with Gasteiger partial charge in [0.25, 0.3) is 5.91 Å². The third kappa shape index (κ3) is 3.12. The normalized spacial score (nSPS) is 23.6. The minimum atomic E-state index is -0.638. The van der Waals surface area contributed by atoms with Crippen LogP contribution in [0.3, 0.4) is 0 Å². The second kappa shape index (κ2) is 6.61. The summed E-state index contributed by atoms with van der Waals surface area (Å²) < 4.78 is 0. The van der Waals surface area contributed by atoms with Crippen molar-refractivity contribution in [3.8, 4) is 0 Å². The number of piperidine rings is 1. The van der Waals surface area contributed by atoms with Crippen molar-refractivity contribution in [1.82, 2.24) is 15.1 Å². The standard InChI is InChI=1S/C20H24N4O4/c1-20(2)8-3-9-24(20)19(28)21-13-4-5-14-12(10-13)11-23(18(14)27)15-6-7-16(25)22-17(15)26/h4-5,10,15H,3,6-9,11H2,1-2H3,(H,21,28)(H,22,25,26). The number of hydrogen-bond acceptors (Lipinski definition) is 4. The predicted octanol–water partition coefficient (Wildman–Crippen LogP) is 1.85. The van der Waals surface area contributed by atoms with Gasteiger partial charge in [0, 0.05) is 36.3 Å². The fourth-order valence-corrected chi connectivity index (χ4v) is 4.33. The number of anilines is 1. The first-order valence-corrected chi connectivity index (χ1v) is 9.62. The van der Waals surface area contributed by atoms with Crippen molar-refractivity contribution < 1.29 is 19.2 Å². The predicted molar refractivity (Wildman–Crippen MR) is 102 cm³/mol. The highest BCUT2D eigenvalue weighted by Gasteiger charge is 2.39. The number of nitrogens with one attached hydrogen (secondary N) is 2. The van der Waals surface area contributed by atoms with Crippen LogP contribution in [0.4, 0.5) is 10.5 Å². The Morgan fingerprint density at radius 3 is 2.71 bits per heavy atom. The SMILES string of the molecule is CC1(C)CCCN1C(=O)Nc1ccc2c(c1)CN(C1CCC(=O)NC1=O)C2=O. The van der Waals surface area contributed by atoms with Crippen molar-refractivity contribution in [3.63, 3.8) is 0 Å². The van der Waals surface area contributed by atoms with Crippen LogP contribution in [-0.4, -0.2) is 51.7 Å². The van der Waals surface area contributed by atoms with Crippen molar-refractivity contribution in [2.45, 2.75) is 57.7 Å². The van der Waals surface area contributed by atoms with Gasteiger partial charge in [0.05, 0.1) is 0 Å². The zero-order chi connectivity index (χ0) is 20.1. The zero-order valence-electron chi connectivity index (χ0n) is 16.1. The van der Waals surface area contributed by atoms with Gasteiger partial charge in [0.2, 0.25) is 11.8 Å². The first kappa shape index (κ1) is 18.5. The monoisotopic (exact) mass is 384 g/mol. The quantitative estimate of drug-likeness (QED) is 0.760. The molecule has 1 aromatic rings. The molecule has 3 aliphatic heterocycles. The second-order valence-electron chi connectivity index (χ2n) is 8.27. The average molecular weight is 384 g/mol. The summed E-state index contributed by atoms with van der Waals surface area (Å²) in [5.74, 6) is -0.953. The van der Waals surface area contributed by atoms with Crippen molar-refractivity contribution in [1.29, 1.82) is 0 Å². The van der Waals surface area contributed by atoms with E-state index in [4.69, 9.17) is 0 Å². The number of urea groups is 1. The smallest absolute Gasteiger partial charge is 0.322 e. The number of nitrogens with zero attached hydrogens (tertiary/aromatic N) is 2. The van der Waals surface area contributed by atoms with E-state index in [1.165, 1.54) is 4.90 Å². The van der Waals surface area contributed by atoms with Crippen molar-refractivity contribution in [2.24, 2.45) is 0 Å². The number of carbonyl (C=O) groups excluding carboxylic acids is 4. The Bertz CT molecular complexity index is 879. The molecule has 2 saturated heterocycles. The van der Waals surface area contributed by atoms with Gasteiger partial charge in [0.1, 0.15) is 6.04 Å². The summed E-state index contributed by atoms with van der Waals surface area (Å²) in [6.45, 7) is 5.13. The molecular formula is C20H24N4O4. The summed E-state index contributed by atoms with van der Waals surface area (Å²) in [5, 5.41) is 5.22. The Balaban J connectivity index is 1.49. The molecule has 1 unspecified atom stereocenters. The molecular weight excluding hydrogens is 360 g/mol. The van der Waals surface area contributed by atoms with Gasteiger partial charge in [0.15, 0.2) is 0 Å². The van der Waals surface area contributed by atoms with Crippen molar-refractivity contribution in [2.75, 3.05) is 11.9 Å². The molecule has 0 radical (unpaired) electrons. The lowest BCUT2D eigenvalue weighted by atomic mass is 10.0. The lowest BCUT2D eigenvalue weighted by Gasteiger charge is -2.31. The first-order chi connectivity index (χ1) is 13.3. The Morgan fingerprint density at radius 2 is 2.04 bits per heavy atom. The van der Waals surface area contributed by atoms with E-state index in [2.05, 4.69) is 24.5 Å². The Labute approximate surface area is 163 Å². The van der Waals surface area contributed by atoms with Gasteiger partial charge in [-0.2, -0.15) is 0 Å². The first-order valence-electron chi connectivity index (χ1n) is 9.62. The van der Waals surface area contributed by atoms with E-state index in [1.54, 1.807) is 18.2 Å². The molecule has 1 aromatic carbocycles. The van der Waals surface area contributed by atoms with E-state index in [0.717, 1.165) is 24.9 Å². The van der Waals surface area contributed by atoms with Crippen molar-refractivity contribution in [3.05, 3.63) is 29.3 Å². The molecule has 2 fully saturated rings. The van der Waals surface area contributed by atoms with Gasteiger partial charge in [-0.15, -0.1) is 0 Å². The van der Waals surface area contributed by atoms with Crippen LogP contribution in [0.1, 0.15) is 55.5 Å². The Morgan fingerprint density at radius 1 is 1.25 bits per heavy atom. The maximum atomic E-state index is 12.7. The van der Waals surface area contributed by atoms with Crippen molar-refractivity contribution >= 4 is 29.4 Å². The van der Waals surface area contributed by atoms with Gasteiger partial charge >= 0.3 is 6.03 Å². The number of benzene rings is 1. The highest BCUT2D eigenvalue weighted by Crippen LogP contribution is 2.31. The highest BCUT2D eigenvalue weighted by molar-refractivity contribution is 6.05. The fraction of sp³-hybridized carbons (Fsp3) is 0.500. The summed E-state index contributed by atoms with van der Waals surface area (Å²) >= 11 is 0. The average Bonchev–Trinajstić information content (AvgIpc) is 3.14. The summed E-state index contributed by atoms with van der Waals surface area (Å²) in [6, 6.07) is 4.41. The van der Waals surface area contributed by atoms with Crippen LogP contribution >= 0.6 is 0 Å². The van der Waals surface area contributed by atoms with E-state index >= 15 is 0 Å². The molecule has 0 bridgehead atoms. The zero-order valence-corrected chi connectivity index (χ0v) is 16.1. The number of imide groups is 1. The van der Waals surface area contributed by atoms with E-state index in [9.17, 15) is 19.2 Å². The molecule has 2 N–H and O–H groups in total. The van der Waals surface area contributed by atoms with E-state index in [1.807, 2.05) is 4.90 Å². The van der Waals surface area contributed by atoms with Crippen LogP contribution in [0.2, 0.25) is 0 Å². The molecule has 3 aliphatic rings. The van der Waals surface area contributed by atoms with Crippen LogP contribution in [0.15, 0.2) is 18.2 Å². The third-order valence-electron chi connectivity index (χ3n) is 5.92. The molecule has 8 nitrogen and oxygen atoms in total. The number of fused-ring (bicyclic) bond motifs is 1. The number of rotatable bonds is 2. The summed E-state index contributed by atoms with van der Waals surface area (Å²) in [7, 11) is 0. The van der Waals surface area contributed by atoms with Crippen LogP contribution in [0.5, 0.6) is 0 Å². The largest absolute Gasteiger partial charge is 0.322 e. The number of hydrogen-bond donors (Lipinski definition) is 2. The van der Waals surface area contributed by atoms with Crippen LogP contribution in [0.25, 0.3) is 0 Å². The van der Waals surface area contributed by atoms with Crippen LogP contribution < -0.4 is 10.6 Å². The molecule has 0 saturated carbocycles. The summed E-state index contributed by atoms with van der Waals surface area (Å²) in [4.78, 5) is 52.2. The summed E-state index contributed by atoms with van der Waals surface area (Å²) in [6.07, 6.45) is 2.52. The number of amides is 5. The molecule has 4 rings (SSSR count). The molecule has 3 heterocycles. The van der Waals surface area contributed by atoms with Gasteiger partial charge in [-0.3, -0.25) is 19.7 Å². The Kier molecular flexibility index (Phi) is 4.36. The maximum Gasteiger partial charge on any atom is 0.322 e. The van der Waals surface area contributed by atoms with E-state index in [0.29, 0.717) is 24.2 Å². The number of carbonyl (C=O) groups is 4. The lowest BCUT2D eigenvalue weighted by Crippen LogP contribution is -2.52. The van der Waals surface area contributed by atoms with Gasteiger partial charge in [-0.25, -0.2) is 4.79 Å². The fourth-order valence-electron chi connectivity index (χ4n) is 4.33. The molecule has 148 valence electrons. The van der Waals surface area contributed by atoms with Crippen LogP contribution in [0, 0.1) is 0 Å². The molecule has 28 heavy (non-hydrogen) atoms. The maximum absolute atomic E-state index is 12.7. The van der Waals surface area contributed by atoms with Gasteiger partial charge < -0.3 is 15.1 Å². The van der Waals surface area contributed by atoms with E-state index < -0.39 is 11.9 Å². The molecule has 0 spiro atoms. The highest BCUT2D eigenvalue weighted by atomic mass is 16.2. The second-order valence-corrected chi connectivity index (χ2v) is 8.27. The minimum absolute atomic E-state index is 0.145. The molecule has 0 aromatic heterocycles. The van der Waals surface area contributed by atoms with Gasteiger partial charge in [-0.1, -0.05) is 0 Å². The van der Waals surface area contributed by atoms with E-state index in [-0.39, 0.29) is 29.8 Å². The topological polar surface area (TPSA) is 98.8 Å². The number of likely N-dealkylation sites (tertiary alicyclic amines) is 1. The Hall–Kier alpha value is -2.90. The van der Waals surface area contributed by atoms with Crippen LogP contribution in [-0.2, 0) is 16.1 Å². The minimum Gasteiger partial charge on any atom is -0.322 e. The van der Waals surface area contributed by atoms with Gasteiger partial charge in [-0.05, 0) is 56.9 Å². The molecule has 8 heteroatoms. The summed E-state index contributed by atoms with van der Waals surface area (Å²) in [5.41, 5.74) is 1.76.